The van der Waals surface area contributed by atoms with E-state index >= 15 is 0 Å². The van der Waals surface area contributed by atoms with Crippen LogP contribution in [0.3, 0.4) is 0 Å². The summed E-state index contributed by atoms with van der Waals surface area (Å²) in [5.41, 5.74) is -0.109. The van der Waals surface area contributed by atoms with E-state index in [9.17, 15) is 13.6 Å². The SMILES string of the molecule is Cc1ccc(F)c(C(=O)C(C)C(C)C)c1F. The molecule has 0 fully saturated rings. The summed E-state index contributed by atoms with van der Waals surface area (Å²) >= 11 is 0. The smallest absolute Gasteiger partial charge is 0.171 e. The van der Waals surface area contributed by atoms with E-state index in [0.29, 0.717) is 5.56 Å². The highest BCUT2D eigenvalue weighted by molar-refractivity contribution is 5.98. The molecule has 1 rings (SSSR count). The predicted octanol–water partition coefficient (Wildman–Crippen LogP) is 3.75. The summed E-state index contributed by atoms with van der Waals surface area (Å²) in [4.78, 5) is 11.9. The Labute approximate surface area is 94.5 Å². The van der Waals surface area contributed by atoms with Crippen molar-refractivity contribution < 1.29 is 13.6 Å². The quantitative estimate of drug-likeness (QED) is 0.717. The van der Waals surface area contributed by atoms with Crippen LogP contribution in [0.5, 0.6) is 0 Å². The highest BCUT2D eigenvalue weighted by atomic mass is 19.1. The molecule has 1 nitrogen and oxygen atoms in total. The van der Waals surface area contributed by atoms with Gasteiger partial charge in [-0.15, -0.1) is 0 Å². The first kappa shape index (κ1) is 12.8. The molecule has 1 unspecified atom stereocenters. The lowest BCUT2D eigenvalue weighted by molar-refractivity contribution is 0.0890. The zero-order chi connectivity index (χ0) is 12.5. The van der Waals surface area contributed by atoms with Gasteiger partial charge >= 0.3 is 0 Å². The fourth-order valence-electron chi connectivity index (χ4n) is 1.41. The molecule has 0 aliphatic carbocycles. The average Bonchev–Trinajstić information content (AvgIpc) is 2.22. The standard InChI is InChI=1S/C13H16F2O/c1-7(2)9(4)13(16)11-10(14)6-5-8(3)12(11)15/h5-7,9H,1-4H3. The number of carbonyl (C=O) groups is 1. The molecule has 0 spiro atoms. The van der Waals surface area contributed by atoms with Gasteiger partial charge in [0.25, 0.3) is 0 Å². The second-order valence-electron chi connectivity index (χ2n) is 4.45. The Kier molecular flexibility index (Phi) is 3.79. The van der Waals surface area contributed by atoms with Crippen molar-refractivity contribution in [3.8, 4) is 0 Å². The molecule has 88 valence electrons. The van der Waals surface area contributed by atoms with Crippen molar-refractivity contribution in [3.63, 3.8) is 0 Å². The van der Waals surface area contributed by atoms with E-state index in [1.54, 1.807) is 6.92 Å². The first-order valence-corrected chi connectivity index (χ1v) is 5.35. The number of carbonyl (C=O) groups excluding carboxylic acids is 1. The molecule has 1 aromatic carbocycles. The van der Waals surface area contributed by atoms with Gasteiger partial charge in [-0.1, -0.05) is 26.8 Å². The second kappa shape index (κ2) is 4.73. The predicted molar refractivity (Wildman–Crippen MR) is 59.4 cm³/mol. The summed E-state index contributed by atoms with van der Waals surface area (Å²) in [6.07, 6.45) is 0. The highest BCUT2D eigenvalue weighted by Crippen LogP contribution is 2.23. The summed E-state index contributed by atoms with van der Waals surface area (Å²) in [6.45, 7) is 6.92. The van der Waals surface area contributed by atoms with E-state index in [1.807, 2.05) is 13.8 Å². The Bertz CT molecular complexity index is 411. The molecule has 0 heterocycles. The number of hydrogen-bond acceptors (Lipinski definition) is 1. The summed E-state index contributed by atoms with van der Waals surface area (Å²) in [7, 11) is 0. The molecule has 3 heteroatoms. The van der Waals surface area contributed by atoms with Crippen molar-refractivity contribution in [1.29, 1.82) is 0 Å². The van der Waals surface area contributed by atoms with Gasteiger partial charge in [-0.05, 0) is 24.5 Å². The molecule has 0 bridgehead atoms. The minimum atomic E-state index is -0.777. The second-order valence-corrected chi connectivity index (χ2v) is 4.45. The lowest BCUT2D eigenvalue weighted by Gasteiger charge is -2.15. The van der Waals surface area contributed by atoms with Gasteiger partial charge in [-0.25, -0.2) is 8.78 Å². The number of ketones is 1. The largest absolute Gasteiger partial charge is 0.294 e. The number of Topliss-reactive ketones (excluding diaryl/α,β-unsaturated/α-hetero) is 1. The van der Waals surface area contributed by atoms with Crippen LogP contribution in [0.25, 0.3) is 0 Å². The van der Waals surface area contributed by atoms with E-state index in [1.165, 1.54) is 13.0 Å². The Balaban J connectivity index is 3.23. The van der Waals surface area contributed by atoms with Gasteiger partial charge < -0.3 is 0 Å². The molecular weight excluding hydrogens is 210 g/mol. The Morgan fingerprint density at radius 3 is 2.25 bits per heavy atom. The third kappa shape index (κ3) is 2.29. The third-order valence-electron chi connectivity index (χ3n) is 2.94. The van der Waals surface area contributed by atoms with Crippen LogP contribution in [0.15, 0.2) is 12.1 Å². The van der Waals surface area contributed by atoms with E-state index in [2.05, 4.69) is 0 Å². The molecule has 0 amide bonds. The molecule has 1 aromatic rings. The maximum Gasteiger partial charge on any atom is 0.171 e. The first-order valence-electron chi connectivity index (χ1n) is 5.35. The van der Waals surface area contributed by atoms with E-state index in [0.717, 1.165) is 6.07 Å². The van der Waals surface area contributed by atoms with Crippen LogP contribution in [0.1, 0.15) is 36.7 Å². The maximum atomic E-state index is 13.7. The van der Waals surface area contributed by atoms with Crippen molar-refractivity contribution in [2.75, 3.05) is 0 Å². The van der Waals surface area contributed by atoms with Crippen LogP contribution in [0, 0.1) is 30.4 Å². The lowest BCUT2D eigenvalue weighted by atomic mass is 9.89. The van der Waals surface area contributed by atoms with Crippen LogP contribution >= 0.6 is 0 Å². The molecule has 0 N–H and O–H groups in total. The Morgan fingerprint density at radius 1 is 1.19 bits per heavy atom. The highest BCUT2D eigenvalue weighted by Gasteiger charge is 2.25. The van der Waals surface area contributed by atoms with Gasteiger partial charge in [0.15, 0.2) is 5.78 Å². The normalized spacial score (nSPS) is 12.9. The van der Waals surface area contributed by atoms with Gasteiger partial charge in [0.1, 0.15) is 11.6 Å². The molecule has 1 atom stereocenters. The molecule has 0 aliphatic heterocycles. The molecule has 0 aromatic heterocycles. The molecule has 0 radical (unpaired) electrons. The van der Waals surface area contributed by atoms with E-state index in [4.69, 9.17) is 0 Å². The summed E-state index contributed by atoms with van der Waals surface area (Å²) in [5, 5.41) is 0. The summed E-state index contributed by atoms with van der Waals surface area (Å²) < 4.78 is 27.1. The van der Waals surface area contributed by atoms with Crippen LogP contribution < -0.4 is 0 Å². The molecular formula is C13H16F2O. The van der Waals surface area contributed by atoms with Crippen LogP contribution in [-0.2, 0) is 0 Å². The monoisotopic (exact) mass is 226 g/mol. The van der Waals surface area contributed by atoms with Crippen molar-refractivity contribution in [1.82, 2.24) is 0 Å². The number of rotatable bonds is 3. The molecule has 0 aliphatic rings. The van der Waals surface area contributed by atoms with E-state index in [-0.39, 0.29) is 11.8 Å². The Hall–Kier alpha value is -1.25. The average molecular weight is 226 g/mol. The number of benzene rings is 1. The maximum absolute atomic E-state index is 13.7. The zero-order valence-corrected chi connectivity index (χ0v) is 9.97. The minimum absolute atomic E-state index is 0.0619. The van der Waals surface area contributed by atoms with Crippen molar-refractivity contribution in [2.24, 2.45) is 11.8 Å². The number of aryl methyl sites for hydroxylation is 1. The van der Waals surface area contributed by atoms with Crippen LogP contribution in [0.4, 0.5) is 8.78 Å². The van der Waals surface area contributed by atoms with Gasteiger partial charge in [0, 0.05) is 5.92 Å². The van der Waals surface area contributed by atoms with Gasteiger partial charge in [0.2, 0.25) is 0 Å². The summed E-state index contributed by atoms with van der Waals surface area (Å²) in [5.74, 6) is -2.30. The van der Waals surface area contributed by atoms with Gasteiger partial charge in [-0.3, -0.25) is 4.79 Å². The minimum Gasteiger partial charge on any atom is -0.294 e. The lowest BCUT2D eigenvalue weighted by Crippen LogP contribution is -2.20. The fraction of sp³-hybridized carbons (Fsp3) is 0.462. The van der Waals surface area contributed by atoms with Crippen molar-refractivity contribution >= 4 is 5.78 Å². The molecule has 0 saturated carbocycles. The number of hydrogen-bond donors (Lipinski definition) is 0. The zero-order valence-electron chi connectivity index (χ0n) is 9.97. The van der Waals surface area contributed by atoms with Crippen LogP contribution in [-0.4, -0.2) is 5.78 Å². The van der Waals surface area contributed by atoms with E-state index < -0.39 is 23.0 Å². The molecule has 0 saturated heterocycles. The first-order chi connectivity index (χ1) is 7.36. The van der Waals surface area contributed by atoms with Crippen molar-refractivity contribution in [2.45, 2.75) is 27.7 Å². The topological polar surface area (TPSA) is 17.1 Å². The molecule has 16 heavy (non-hydrogen) atoms. The third-order valence-corrected chi connectivity index (χ3v) is 2.94. The van der Waals surface area contributed by atoms with Gasteiger partial charge in [-0.2, -0.15) is 0 Å². The summed E-state index contributed by atoms with van der Waals surface area (Å²) in [6, 6.07) is 2.47. The number of halogens is 2. The van der Waals surface area contributed by atoms with Gasteiger partial charge in [0.05, 0.1) is 5.56 Å². The van der Waals surface area contributed by atoms with Crippen molar-refractivity contribution in [3.05, 3.63) is 34.9 Å². The fourth-order valence-corrected chi connectivity index (χ4v) is 1.41. The Morgan fingerprint density at radius 2 is 1.75 bits per heavy atom. The van der Waals surface area contributed by atoms with Crippen LogP contribution in [0.2, 0.25) is 0 Å².